The molecule has 1 rings (SSSR count). The molecule has 0 unspecified atom stereocenters. The molecule has 0 radical (unpaired) electrons. The van der Waals surface area contributed by atoms with Crippen LogP contribution >= 0.6 is 0 Å². The van der Waals surface area contributed by atoms with Crippen molar-refractivity contribution in [3.05, 3.63) is 12.4 Å². The predicted octanol–water partition coefficient (Wildman–Crippen LogP) is -0.265. The zero-order chi connectivity index (χ0) is 10.8. The molecule has 0 fully saturated rings. The summed E-state index contributed by atoms with van der Waals surface area (Å²) >= 11 is 0. The number of nitrogens with one attached hydrogen (secondary N) is 1. The second-order valence-electron chi connectivity index (χ2n) is 3.44. The number of hydrogen-bond acceptors (Lipinski definition) is 5. The Balaban J connectivity index is 2.83. The zero-order valence-corrected chi connectivity index (χ0v) is 8.11. The molecular weight excluding hydrogens is 182 g/mol. The third-order valence-corrected chi connectivity index (χ3v) is 1.71. The lowest BCUT2D eigenvalue weighted by Crippen LogP contribution is -2.45. The zero-order valence-electron chi connectivity index (χ0n) is 8.11. The molecule has 0 saturated carbocycles. The van der Waals surface area contributed by atoms with Gasteiger partial charge in [-0.15, -0.1) is 0 Å². The van der Waals surface area contributed by atoms with Gasteiger partial charge in [0.1, 0.15) is 17.2 Å². The van der Waals surface area contributed by atoms with Gasteiger partial charge in [0.2, 0.25) is 5.91 Å². The van der Waals surface area contributed by atoms with Gasteiger partial charge in [-0.1, -0.05) is 0 Å². The standard InChI is InChI=1S/C8H13N5O/c1-8(2,7(10)14)13-6-4-11-3-5(9)12-6/h3-4H,1-2H3,(H2,10,14)(H3,9,12,13). The van der Waals surface area contributed by atoms with Gasteiger partial charge < -0.3 is 16.8 Å². The van der Waals surface area contributed by atoms with Crippen molar-refractivity contribution < 1.29 is 4.79 Å². The molecule has 6 heteroatoms. The molecule has 0 aromatic carbocycles. The van der Waals surface area contributed by atoms with Crippen molar-refractivity contribution in [1.29, 1.82) is 0 Å². The first-order valence-corrected chi connectivity index (χ1v) is 4.07. The lowest BCUT2D eigenvalue weighted by atomic mass is 10.1. The van der Waals surface area contributed by atoms with Gasteiger partial charge in [0.05, 0.1) is 12.4 Å². The van der Waals surface area contributed by atoms with E-state index in [4.69, 9.17) is 11.5 Å². The Morgan fingerprint density at radius 1 is 1.50 bits per heavy atom. The summed E-state index contributed by atoms with van der Waals surface area (Å²) in [6.45, 7) is 3.31. The topological polar surface area (TPSA) is 107 Å². The van der Waals surface area contributed by atoms with E-state index in [-0.39, 0.29) is 5.82 Å². The summed E-state index contributed by atoms with van der Waals surface area (Å²) in [6, 6.07) is 0. The van der Waals surface area contributed by atoms with Crippen LogP contribution < -0.4 is 16.8 Å². The van der Waals surface area contributed by atoms with Crippen LogP contribution in [0.2, 0.25) is 0 Å². The van der Waals surface area contributed by atoms with Crippen LogP contribution in [-0.2, 0) is 4.79 Å². The highest BCUT2D eigenvalue weighted by molar-refractivity contribution is 5.86. The SMILES string of the molecule is CC(C)(Nc1cncc(N)n1)C(N)=O. The Morgan fingerprint density at radius 2 is 2.14 bits per heavy atom. The molecule has 0 spiro atoms. The fourth-order valence-corrected chi connectivity index (χ4v) is 0.823. The molecule has 1 aromatic heterocycles. The monoisotopic (exact) mass is 195 g/mol. The minimum absolute atomic E-state index is 0.287. The van der Waals surface area contributed by atoms with E-state index in [9.17, 15) is 4.79 Å². The second-order valence-corrected chi connectivity index (χ2v) is 3.44. The molecule has 5 N–H and O–H groups in total. The number of aromatic nitrogens is 2. The molecule has 0 atom stereocenters. The van der Waals surface area contributed by atoms with Crippen molar-refractivity contribution in [3.63, 3.8) is 0 Å². The Bertz CT molecular complexity index is 349. The summed E-state index contributed by atoms with van der Waals surface area (Å²) < 4.78 is 0. The second kappa shape index (κ2) is 3.49. The van der Waals surface area contributed by atoms with E-state index >= 15 is 0 Å². The number of nitrogens with two attached hydrogens (primary N) is 2. The van der Waals surface area contributed by atoms with E-state index in [1.165, 1.54) is 12.4 Å². The van der Waals surface area contributed by atoms with E-state index in [0.717, 1.165) is 0 Å². The smallest absolute Gasteiger partial charge is 0.242 e. The maximum atomic E-state index is 11.0. The molecule has 0 aliphatic heterocycles. The maximum absolute atomic E-state index is 11.0. The van der Waals surface area contributed by atoms with Crippen molar-refractivity contribution in [2.45, 2.75) is 19.4 Å². The van der Waals surface area contributed by atoms with Gasteiger partial charge in [-0.25, -0.2) is 4.98 Å². The van der Waals surface area contributed by atoms with Crippen molar-refractivity contribution in [1.82, 2.24) is 9.97 Å². The van der Waals surface area contributed by atoms with Crippen LogP contribution in [0.4, 0.5) is 11.6 Å². The Kier molecular flexibility index (Phi) is 2.55. The lowest BCUT2D eigenvalue weighted by Gasteiger charge is -2.22. The average Bonchev–Trinajstić information content (AvgIpc) is 2.02. The molecule has 1 aromatic rings. The average molecular weight is 195 g/mol. The molecule has 14 heavy (non-hydrogen) atoms. The number of rotatable bonds is 3. The first-order chi connectivity index (χ1) is 6.42. The Morgan fingerprint density at radius 3 is 2.64 bits per heavy atom. The van der Waals surface area contributed by atoms with Crippen LogP contribution in [0, 0.1) is 0 Å². The minimum atomic E-state index is -0.873. The van der Waals surface area contributed by atoms with Gasteiger partial charge in [-0.2, -0.15) is 0 Å². The minimum Gasteiger partial charge on any atom is -0.382 e. The summed E-state index contributed by atoms with van der Waals surface area (Å²) in [4.78, 5) is 18.8. The molecule has 1 heterocycles. The fourth-order valence-electron chi connectivity index (χ4n) is 0.823. The normalized spacial score (nSPS) is 11.0. The number of carbonyl (C=O) groups excluding carboxylic acids is 1. The van der Waals surface area contributed by atoms with Gasteiger partial charge in [-0.05, 0) is 13.8 Å². The van der Waals surface area contributed by atoms with Crippen molar-refractivity contribution in [2.24, 2.45) is 5.73 Å². The van der Waals surface area contributed by atoms with Gasteiger partial charge in [0, 0.05) is 0 Å². The number of nitrogens with zero attached hydrogens (tertiary/aromatic N) is 2. The number of hydrogen-bond donors (Lipinski definition) is 3. The van der Waals surface area contributed by atoms with Crippen LogP contribution in [0.1, 0.15) is 13.8 Å². The number of primary amides is 1. The molecule has 0 saturated heterocycles. The first kappa shape index (κ1) is 10.2. The summed E-state index contributed by atoms with van der Waals surface area (Å²) in [7, 11) is 0. The maximum Gasteiger partial charge on any atom is 0.242 e. The highest BCUT2D eigenvalue weighted by Gasteiger charge is 2.24. The van der Waals surface area contributed by atoms with Crippen LogP contribution in [0.25, 0.3) is 0 Å². The molecule has 0 aliphatic rings. The summed E-state index contributed by atoms with van der Waals surface area (Å²) in [5.74, 6) is 0.241. The van der Waals surface area contributed by atoms with E-state index in [2.05, 4.69) is 15.3 Å². The molecule has 0 aliphatic carbocycles. The van der Waals surface area contributed by atoms with Crippen LogP contribution in [0.3, 0.4) is 0 Å². The summed E-state index contributed by atoms with van der Waals surface area (Å²) in [6.07, 6.45) is 2.89. The molecule has 1 amide bonds. The van der Waals surface area contributed by atoms with Crippen molar-refractivity contribution in [2.75, 3.05) is 11.1 Å². The summed E-state index contributed by atoms with van der Waals surface area (Å²) in [5.41, 5.74) is 9.73. The van der Waals surface area contributed by atoms with Crippen molar-refractivity contribution >= 4 is 17.5 Å². The van der Waals surface area contributed by atoms with Crippen molar-refractivity contribution in [3.8, 4) is 0 Å². The molecular formula is C8H13N5O. The number of amides is 1. The quantitative estimate of drug-likeness (QED) is 0.615. The lowest BCUT2D eigenvalue weighted by molar-refractivity contribution is -0.121. The number of anilines is 2. The van der Waals surface area contributed by atoms with E-state index < -0.39 is 11.4 Å². The first-order valence-electron chi connectivity index (χ1n) is 4.07. The van der Waals surface area contributed by atoms with Gasteiger partial charge in [0.25, 0.3) is 0 Å². The molecule has 76 valence electrons. The highest BCUT2D eigenvalue weighted by Crippen LogP contribution is 2.11. The van der Waals surface area contributed by atoms with E-state index in [1.807, 2.05) is 0 Å². The molecule has 6 nitrogen and oxygen atoms in total. The van der Waals surface area contributed by atoms with Gasteiger partial charge in [0.15, 0.2) is 0 Å². The van der Waals surface area contributed by atoms with Crippen LogP contribution in [-0.4, -0.2) is 21.4 Å². The van der Waals surface area contributed by atoms with Gasteiger partial charge in [-0.3, -0.25) is 9.78 Å². The van der Waals surface area contributed by atoms with Crippen LogP contribution in [0.5, 0.6) is 0 Å². The van der Waals surface area contributed by atoms with E-state index in [1.54, 1.807) is 13.8 Å². The number of nitrogen functional groups attached to an aromatic ring is 1. The third-order valence-electron chi connectivity index (χ3n) is 1.71. The van der Waals surface area contributed by atoms with E-state index in [0.29, 0.717) is 5.82 Å². The van der Waals surface area contributed by atoms with Gasteiger partial charge >= 0.3 is 0 Å². The molecule has 0 bridgehead atoms. The summed E-state index contributed by atoms with van der Waals surface area (Å²) in [5, 5.41) is 2.83. The highest BCUT2D eigenvalue weighted by atomic mass is 16.1. The predicted molar refractivity (Wildman–Crippen MR) is 53.3 cm³/mol. The largest absolute Gasteiger partial charge is 0.382 e. The number of carbonyl (C=O) groups is 1. The Labute approximate surface area is 81.7 Å². The third kappa shape index (κ3) is 2.32. The van der Waals surface area contributed by atoms with Crippen LogP contribution in [0.15, 0.2) is 12.4 Å². The fraction of sp³-hybridized carbons (Fsp3) is 0.375. The Hall–Kier alpha value is -1.85.